The molecule has 6 nitrogen and oxygen atoms in total. The summed E-state index contributed by atoms with van der Waals surface area (Å²) < 4.78 is 17.0. The minimum atomic E-state index is -0.734. The fourth-order valence-corrected chi connectivity index (χ4v) is 3.38. The van der Waals surface area contributed by atoms with Crippen LogP contribution in [0.2, 0.25) is 0 Å². The summed E-state index contributed by atoms with van der Waals surface area (Å²) >= 11 is 0. The Morgan fingerprint density at radius 3 is 2.57 bits per heavy atom. The number of aliphatic hydroxyl groups excluding tert-OH is 1. The van der Waals surface area contributed by atoms with Crippen LogP contribution < -0.4 is 20.2 Å². The van der Waals surface area contributed by atoms with Crippen LogP contribution >= 0.6 is 0 Å². The number of methoxy groups -OCH3 is 1. The summed E-state index contributed by atoms with van der Waals surface area (Å²) in [5.74, 6) is 1.23. The molecule has 0 saturated carbocycles. The number of benzene rings is 3. The number of aliphatic hydroxyl groups is 1. The van der Waals surface area contributed by atoms with Crippen molar-refractivity contribution in [3.05, 3.63) is 82.5 Å². The van der Waals surface area contributed by atoms with Crippen molar-refractivity contribution in [3.8, 4) is 11.5 Å². The first-order valence-electron chi connectivity index (χ1n) is 9.75. The Morgan fingerprint density at radius 2 is 1.70 bits per heavy atom. The van der Waals surface area contributed by atoms with Crippen LogP contribution in [0.4, 0.5) is 0 Å². The molecule has 0 aliphatic rings. The smallest absolute Gasteiger partial charge is 0.200 e. The van der Waals surface area contributed by atoms with Crippen molar-refractivity contribution < 1.29 is 19.0 Å². The van der Waals surface area contributed by atoms with Gasteiger partial charge in [0, 0.05) is 18.7 Å². The fraction of sp³-hybridized carbons (Fsp3) is 0.208. The van der Waals surface area contributed by atoms with Crippen LogP contribution in [-0.2, 0) is 6.54 Å². The van der Waals surface area contributed by atoms with E-state index in [1.807, 2.05) is 30.3 Å². The van der Waals surface area contributed by atoms with Crippen molar-refractivity contribution in [2.75, 3.05) is 20.3 Å². The normalized spacial score (nSPS) is 12.2. The van der Waals surface area contributed by atoms with E-state index in [2.05, 4.69) is 5.32 Å². The van der Waals surface area contributed by atoms with Crippen molar-refractivity contribution in [1.82, 2.24) is 5.32 Å². The minimum absolute atomic E-state index is 0.0641. The maximum absolute atomic E-state index is 12.7. The van der Waals surface area contributed by atoms with E-state index in [9.17, 15) is 9.90 Å². The zero-order chi connectivity index (χ0) is 20.9. The maximum atomic E-state index is 12.7. The van der Waals surface area contributed by atoms with E-state index in [1.165, 1.54) is 0 Å². The van der Waals surface area contributed by atoms with Crippen LogP contribution in [0.1, 0.15) is 5.56 Å². The molecule has 1 unspecified atom stereocenters. The van der Waals surface area contributed by atoms with Gasteiger partial charge >= 0.3 is 0 Å². The zero-order valence-corrected chi connectivity index (χ0v) is 16.6. The lowest BCUT2D eigenvalue weighted by atomic mass is 10.1. The van der Waals surface area contributed by atoms with E-state index < -0.39 is 6.10 Å². The van der Waals surface area contributed by atoms with Crippen LogP contribution in [0.15, 0.2) is 75.9 Å². The Morgan fingerprint density at radius 1 is 0.967 bits per heavy atom. The topological polar surface area (TPSA) is 80.9 Å². The first-order valence-corrected chi connectivity index (χ1v) is 9.75. The molecule has 0 fully saturated rings. The lowest BCUT2D eigenvalue weighted by Crippen LogP contribution is -2.31. The average Bonchev–Trinajstić information content (AvgIpc) is 2.78. The third-order valence-corrected chi connectivity index (χ3v) is 4.89. The quantitative estimate of drug-likeness (QED) is 0.437. The summed E-state index contributed by atoms with van der Waals surface area (Å²) in [7, 11) is 1.63. The van der Waals surface area contributed by atoms with Crippen LogP contribution in [0.5, 0.6) is 11.5 Å². The Bertz CT molecular complexity index is 1220. The lowest BCUT2D eigenvalue weighted by Gasteiger charge is -2.15. The molecule has 0 spiro atoms. The number of fused-ring (bicyclic) bond motifs is 2. The number of nitrogens with one attached hydrogen (secondary N) is 1. The molecule has 3 aromatic carbocycles. The van der Waals surface area contributed by atoms with Gasteiger partial charge in [-0.3, -0.25) is 4.79 Å². The second kappa shape index (κ2) is 8.98. The first kappa shape index (κ1) is 19.9. The summed E-state index contributed by atoms with van der Waals surface area (Å²) in [6.45, 7) is 0.973. The Hall–Kier alpha value is -3.35. The number of ether oxygens (including phenoxy) is 2. The van der Waals surface area contributed by atoms with Gasteiger partial charge in [0.15, 0.2) is 11.3 Å². The SMILES string of the molecule is COc1ccccc1CNCC(O)COc1cccc2c(=O)c3ccccc3oc12. The molecule has 4 rings (SSSR count). The van der Waals surface area contributed by atoms with E-state index >= 15 is 0 Å². The van der Waals surface area contributed by atoms with Crippen molar-refractivity contribution in [1.29, 1.82) is 0 Å². The Labute approximate surface area is 173 Å². The number of para-hydroxylation sites is 3. The second-order valence-electron chi connectivity index (χ2n) is 6.97. The Balaban J connectivity index is 1.42. The highest BCUT2D eigenvalue weighted by Gasteiger charge is 2.13. The molecule has 4 aromatic rings. The molecule has 6 heteroatoms. The standard InChI is InChI=1S/C24H23NO5/c1-28-20-10-4-2-7-16(20)13-25-14-17(26)15-29-22-12-6-9-19-23(27)18-8-3-5-11-21(18)30-24(19)22/h2-12,17,25-26H,13-15H2,1H3. The molecule has 2 N–H and O–H groups in total. The first-order chi connectivity index (χ1) is 14.7. The zero-order valence-electron chi connectivity index (χ0n) is 16.6. The van der Waals surface area contributed by atoms with Crippen molar-refractivity contribution >= 4 is 21.9 Å². The molecule has 0 bridgehead atoms. The molecular formula is C24H23NO5. The molecule has 1 aromatic heterocycles. The number of hydrogen-bond donors (Lipinski definition) is 2. The van der Waals surface area contributed by atoms with Crippen LogP contribution in [0.3, 0.4) is 0 Å². The molecule has 1 heterocycles. The van der Waals surface area contributed by atoms with Gasteiger partial charge in [0.05, 0.1) is 17.9 Å². The summed E-state index contributed by atoms with van der Waals surface area (Å²) in [6.07, 6.45) is -0.734. The highest BCUT2D eigenvalue weighted by atomic mass is 16.5. The van der Waals surface area contributed by atoms with Crippen molar-refractivity contribution in [2.24, 2.45) is 0 Å². The predicted molar refractivity (Wildman–Crippen MR) is 116 cm³/mol. The molecule has 0 saturated heterocycles. The summed E-state index contributed by atoms with van der Waals surface area (Å²) in [5, 5.41) is 14.5. The third-order valence-electron chi connectivity index (χ3n) is 4.89. The molecule has 0 aliphatic carbocycles. The van der Waals surface area contributed by atoms with E-state index in [-0.39, 0.29) is 12.0 Å². The summed E-state index contributed by atoms with van der Waals surface area (Å²) in [5.41, 5.74) is 1.80. The van der Waals surface area contributed by atoms with Gasteiger partial charge in [0.25, 0.3) is 0 Å². The second-order valence-corrected chi connectivity index (χ2v) is 6.97. The van der Waals surface area contributed by atoms with Gasteiger partial charge in [-0.25, -0.2) is 0 Å². The van der Waals surface area contributed by atoms with Gasteiger partial charge in [0.2, 0.25) is 5.43 Å². The van der Waals surface area contributed by atoms with E-state index in [1.54, 1.807) is 43.5 Å². The van der Waals surface area contributed by atoms with Gasteiger partial charge in [-0.15, -0.1) is 0 Å². The molecule has 0 amide bonds. The Kier molecular flexibility index (Phi) is 5.97. The minimum Gasteiger partial charge on any atom is -0.496 e. The summed E-state index contributed by atoms with van der Waals surface area (Å²) in [6, 6.07) is 20.0. The van der Waals surface area contributed by atoms with Crippen LogP contribution in [-0.4, -0.2) is 31.5 Å². The van der Waals surface area contributed by atoms with Gasteiger partial charge < -0.3 is 24.3 Å². The molecular weight excluding hydrogens is 382 g/mol. The van der Waals surface area contributed by atoms with Gasteiger partial charge in [0.1, 0.15) is 24.0 Å². The summed E-state index contributed by atoms with van der Waals surface area (Å²) in [4.78, 5) is 12.7. The fourth-order valence-electron chi connectivity index (χ4n) is 3.38. The van der Waals surface area contributed by atoms with Gasteiger partial charge in [-0.1, -0.05) is 36.4 Å². The molecule has 0 aliphatic heterocycles. The highest BCUT2D eigenvalue weighted by Crippen LogP contribution is 2.27. The van der Waals surface area contributed by atoms with Crippen molar-refractivity contribution in [3.63, 3.8) is 0 Å². The maximum Gasteiger partial charge on any atom is 0.200 e. The monoisotopic (exact) mass is 405 g/mol. The molecule has 154 valence electrons. The van der Waals surface area contributed by atoms with Crippen LogP contribution in [0, 0.1) is 0 Å². The van der Waals surface area contributed by atoms with Crippen LogP contribution in [0.25, 0.3) is 21.9 Å². The molecule has 1 atom stereocenters. The molecule has 30 heavy (non-hydrogen) atoms. The molecule has 0 radical (unpaired) electrons. The van der Waals surface area contributed by atoms with E-state index in [0.717, 1.165) is 11.3 Å². The number of rotatable bonds is 8. The van der Waals surface area contributed by atoms with E-state index in [4.69, 9.17) is 13.9 Å². The lowest BCUT2D eigenvalue weighted by molar-refractivity contribution is 0.106. The van der Waals surface area contributed by atoms with Gasteiger partial charge in [-0.2, -0.15) is 0 Å². The third kappa shape index (κ3) is 4.15. The predicted octanol–water partition coefficient (Wildman–Crippen LogP) is 3.48. The number of hydrogen-bond acceptors (Lipinski definition) is 6. The van der Waals surface area contributed by atoms with E-state index in [0.29, 0.717) is 40.8 Å². The highest BCUT2D eigenvalue weighted by molar-refractivity contribution is 5.92. The largest absolute Gasteiger partial charge is 0.496 e. The average molecular weight is 405 g/mol. The van der Waals surface area contributed by atoms with Crippen molar-refractivity contribution in [2.45, 2.75) is 12.6 Å². The van der Waals surface area contributed by atoms with Gasteiger partial charge in [-0.05, 0) is 30.3 Å².